The number of sulfonamides is 1. The second-order valence-corrected chi connectivity index (χ2v) is 10.3. The molecule has 3 amide bonds. The summed E-state index contributed by atoms with van der Waals surface area (Å²) in [5.41, 5.74) is 1.28. The Morgan fingerprint density at radius 3 is 2.00 bits per heavy atom. The number of piperidine rings is 1. The fraction of sp³-hybridized carbons (Fsp3) is 0.375. The summed E-state index contributed by atoms with van der Waals surface area (Å²) in [5, 5.41) is 5.50. The monoisotopic (exact) mass is 486 g/mol. The van der Waals surface area contributed by atoms with Gasteiger partial charge in [-0.3, -0.25) is 19.1 Å². The lowest BCUT2D eigenvalue weighted by molar-refractivity contribution is -0.126. The van der Waals surface area contributed by atoms with E-state index < -0.39 is 10.0 Å². The van der Waals surface area contributed by atoms with Crippen LogP contribution in [0.2, 0.25) is 0 Å². The lowest BCUT2D eigenvalue weighted by atomic mass is 9.95. The Labute approximate surface area is 200 Å². The molecule has 1 aliphatic rings. The van der Waals surface area contributed by atoms with Gasteiger partial charge < -0.3 is 15.5 Å². The van der Waals surface area contributed by atoms with E-state index in [9.17, 15) is 22.8 Å². The van der Waals surface area contributed by atoms with E-state index in [1.807, 2.05) is 13.8 Å². The SMILES string of the molecule is CC(=O)Nc1ccc(S(=O)(=O)Nc2ccc(C(=O)N3CCC(C(=O)NC(C)C)CC3)cc2)cc1. The van der Waals surface area contributed by atoms with Gasteiger partial charge in [-0.05, 0) is 75.2 Å². The van der Waals surface area contributed by atoms with Gasteiger partial charge in [0.05, 0.1) is 4.90 Å². The molecule has 0 saturated carbocycles. The number of benzene rings is 2. The third-order valence-corrected chi connectivity index (χ3v) is 6.85. The van der Waals surface area contributed by atoms with Crippen LogP contribution in [0.3, 0.4) is 0 Å². The van der Waals surface area contributed by atoms with Crippen LogP contribution in [0.1, 0.15) is 44.0 Å². The maximum atomic E-state index is 12.8. The third kappa shape index (κ3) is 6.57. The molecule has 0 aliphatic carbocycles. The van der Waals surface area contributed by atoms with Crippen LogP contribution in [0.4, 0.5) is 11.4 Å². The van der Waals surface area contributed by atoms with Crippen LogP contribution in [0.5, 0.6) is 0 Å². The van der Waals surface area contributed by atoms with Crippen LogP contribution in [0.25, 0.3) is 0 Å². The summed E-state index contributed by atoms with van der Waals surface area (Å²) >= 11 is 0. The first-order valence-electron chi connectivity index (χ1n) is 11.2. The molecule has 1 aliphatic heterocycles. The van der Waals surface area contributed by atoms with Gasteiger partial charge in [-0.2, -0.15) is 0 Å². The number of amides is 3. The summed E-state index contributed by atoms with van der Waals surface area (Å²) in [6.45, 7) is 6.21. The molecule has 9 nitrogen and oxygen atoms in total. The van der Waals surface area contributed by atoms with Crippen molar-refractivity contribution in [3.8, 4) is 0 Å². The fourth-order valence-corrected chi connectivity index (χ4v) is 4.80. The van der Waals surface area contributed by atoms with E-state index in [0.717, 1.165) is 0 Å². The largest absolute Gasteiger partial charge is 0.354 e. The summed E-state index contributed by atoms with van der Waals surface area (Å²) in [4.78, 5) is 37.9. The number of hydrogen-bond donors (Lipinski definition) is 3. The lowest BCUT2D eigenvalue weighted by Gasteiger charge is -2.31. The number of nitrogens with zero attached hydrogens (tertiary/aromatic N) is 1. The van der Waals surface area contributed by atoms with E-state index in [4.69, 9.17) is 0 Å². The Hall–Kier alpha value is -3.40. The van der Waals surface area contributed by atoms with E-state index in [1.54, 1.807) is 29.2 Å². The molecular weight excluding hydrogens is 456 g/mol. The molecule has 182 valence electrons. The highest BCUT2D eigenvalue weighted by Gasteiger charge is 2.28. The first-order chi connectivity index (χ1) is 16.0. The van der Waals surface area contributed by atoms with Gasteiger partial charge in [0.25, 0.3) is 15.9 Å². The maximum absolute atomic E-state index is 12.8. The number of carbonyl (C=O) groups excluding carboxylic acids is 3. The van der Waals surface area contributed by atoms with Gasteiger partial charge in [0.2, 0.25) is 11.8 Å². The van der Waals surface area contributed by atoms with E-state index >= 15 is 0 Å². The van der Waals surface area contributed by atoms with E-state index in [-0.39, 0.29) is 34.6 Å². The molecule has 1 saturated heterocycles. The van der Waals surface area contributed by atoms with Gasteiger partial charge in [-0.15, -0.1) is 0 Å². The summed E-state index contributed by atoms with van der Waals surface area (Å²) < 4.78 is 27.8. The molecular formula is C24H30N4O5S. The molecule has 3 N–H and O–H groups in total. The summed E-state index contributed by atoms with van der Waals surface area (Å²) in [5.74, 6) is -0.450. The molecule has 0 atom stereocenters. The van der Waals surface area contributed by atoms with Crippen molar-refractivity contribution >= 4 is 39.1 Å². The van der Waals surface area contributed by atoms with Gasteiger partial charge in [0.15, 0.2) is 0 Å². The number of hydrogen-bond acceptors (Lipinski definition) is 5. The summed E-state index contributed by atoms with van der Waals surface area (Å²) in [6.07, 6.45) is 1.23. The topological polar surface area (TPSA) is 125 Å². The predicted molar refractivity (Wildman–Crippen MR) is 130 cm³/mol. The van der Waals surface area contributed by atoms with Gasteiger partial charge in [-0.25, -0.2) is 8.42 Å². The maximum Gasteiger partial charge on any atom is 0.261 e. The first kappa shape index (κ1) is 25.2. The molecule has 1 heterocycles. The molecule has 0 aromatic heterocycles. The zero-order valence-corrected chi connectivity index (χ0v) is 20.3. The summed E-state index contributed by atoms with van der Waals surface area (Å²) in [6, 6.07) is 12.1. The molecule has 0 unspecified atom stereocenters. The van der Waals surface area contributed by atoms with Gasteiger partial charge in [0, 0.05) is 48.9 Å². The van der Waals surface area contributed by atoms with Gasteiger partial charge in [-0.1, -0.05) is 0 Å². The smallest absolute Gasteiger partial charge is 0.261 e. The average Bonchev–Trinajstić information content (AvgIpc) is 2.78. The highest BCUT2D eigenvalue weighted by Crippen LogP contribution is 2.22. The zero-order valence-electron chi connectivity index (χ0n) is 19.5. The van der Waals surface area contributed by atoms with Crippen LogP contribution >= 0.6 is 0 Å². The Balaban J connectivity index is 1.59. The Morgan fingerprint density at radius 1 is 0.912 bits per heavy atom. The molecule has 3 rings (SSSR count). The van der Waals surface area contributed by atoms with E-state index in [0.29, 0.717) is 42.9 Å². The minimum absolute atomic E-state index is 0.0310. The second-order valence-electron chi connectivity index (χ2n) is 8.62. The van der Waals surface area contributed by atoms with Gasteiger partial charge >= 0.3 is 0 Å². The van der Waals surface area contributed by atoms with Crippen molar-refractivity contribution < 1.29 is 22.8 Å². The Bertz CT molecular complexity index is 1140. The van der Waals surface area contributed by atoms with Crippen molar-refractivity contribution in [2.24, 2.45) is 5.92 Å². The van der Waals surface area contributed by atoms with Crippen LogP contribution < -0.4 is 15.4 Å². The van der Waals surface area contributed by atoms with Crippen molar-refractivity contribution in [1.29, 1.82) is 0 Å². The van der Waals surface area contributed by atoms with E-state index in [2.05, 4.69) is 15.4 Å². The molecule has 10 heteroatoms. The highest BCUT2D eigenvalue weighted by atomic mass is 32.2. The predicted octanol–water partition coefficient (Wildman–Crippen LogP) is 2.82. The number of rotatable bonds is 7. The van der Waals surface area contributed by atoms with Crippen molar-refractivity contribution in [2.45, 2.75) is 44.6 Å². The number of likely N-dealkylation sites (tertiary alicyclic amines) is 1. The minimum Gasteiger partial charge on any atom is -0.354 e. The fourth-order valence-electron chi connectivity index (χ4n) is 3.75. The molecule has 1 fully saturated rings. The van der Waals surface area contributed by atoms with Crippen molar-refractivity contribution in [3.05, 3.63) is 54.1 Å². The first-order valence-corrected chi connectivity index (χ1v) is 12.6. The van der Waals surface area contributed by atoms with Crippen LogP contribution in [0, 0.1) is 5.92 Å². The number of nitrogens with one attached hydrogen (secondary N) is 3. The standard InChI is InChI=1S/C24H30N4O5S/c1-16(2)25-23(30)18-12-14-28(15-13-18)24(31)19-4-6-21(7-5-19)27-34(32,33)22-10-8-20(9-11-22)26-17(3)29/h4-11,16,18,27H,12-15H2,1-3H3,(H,25,30)(H,26,29). The van der Waals surface area contributed by atoms with Crippen molar-refractivity contribution in [1.82, 2.24) is 10.2 Å². The molecule has 34 heavy (non-hydrogen) atoms. The zero-order chi connectivity index (χ0) is 24.9. The molecule has 0 radical (unpaired) electrons. The third-order valence-electron chi connectivity index (χ3n) is 5.45. The number of carbonyl (C=O) groups is 3. The molecule has 2 aromatic rings. The lowest BCUT2D eigenvalue weighted by Crippen LogP contribution is -2.44. The van der Waals surface area contributed by atoms with Gasteiger partial charge in [0.1, 0.15) is 0 Å². The van der Waals surface area contributed by atoms with Crippen LogP contribution in [0.15, 0.2) is 53.4 Å². The van der Waals surface area contributed by atoms with Crippen molar-refractivity contribution in [3.63, 3.8) is 0 Å². The quantitative estimate of drug-likeness (QED) is 0.555. The highest BCUT2D eigenvalue weighted by molar-refractivity contribution is 7.92. The number of anilines is 2. The molecule has 0 spiro atoms. The minimum atomic E-state index is -3.83. The average molecular weight is 487 g/mol. The molecule has 0 bridgehead atoms. The normalized spacial score (nSPS) is 14.5. The van der Waals surface area contributed by atoms with E-state index in [1.165, 1.54) is 31.2 Å². The van der Waals surface area contributed by atoms with Crippen molar-refractivity contribution in [2.75, 3.05) is 23.1 Å². The van der Waals surface area contributed by atoms with Crippen LogP contribution in [-0.2, 0) is 19.6 Å². The molecule has 2 aromatic carbocycles. The Morgan fingerprint density at radius 2 is 1.47 bits per heavy atom. The summed E-state index contributed by atoms with van der Waals surface area (Å²) in [7, 11) is -3.83. The Kier molecular flexibility index (Phi) is 7.93. The second kappa shape index (κ2) is 10.7. The van der Waals surface area contributed by atoms with Crippen LogP contribution in [-0.4, -0.2) is 50.2 Å².